The second-order valence-corrected chi connectivity index (χ2v) is 6.13. The Morgan fingerprint density at radius 1 is 1.56 bits per heavy atom. The van der Waals surface area contributed by atoms with Crippen LogP contribution in [0.2, 0.25) is 0 Å². The Kier molecular flexibility index (Phi) is 4.17. The molecule has 0 aromatic heterocycles. The van der Waals surface area contributed by atoms with Gasteiger partial charge >= 0.3 is 0 Å². The summed E-state index contributed by atoms with van der Waals surface area (Å²) in [5.41, 5.74) is 8.18. The van der Waals surface area contributed by atoms with E-state index in [-0.39, 0.29) is 5.91 Å². The standard InChI is InChI=1S/C14H20N2OS/c1-3-12-9-16(6-7-18-12)14(17)13-8-11(15)5-4-10(13)2/h4-5,8,12H,3,6-7,9,15H2,1-2H3. The quantitative estimate of drug-likeness (QED) is 0.835. The summed E-state index contributed by atoms with van der Waals surface area (Å²) in [4.78, 5) is 14.5. The molecule has 1 aromatic rings. The van der Waals surface area contributed by atoms with Crippen molar-refractivity contribution in [3.8, 4) is 0 Å². The number of amides is 1. The van der Waals surface area contributed by atoms with Crippen LogP contribution in [0.4, 0.5) is 5.69 Å². The third-order valence-corrected chi connectivity index (χ3v) is 4.75. The molecule has 4 heteroatoms. The van der Waals surface area contributed by atoms with Gasteiger partial charge in [0.2, 0.25) is 0 Å². The molecular formula is C14H20N2OS. The minimum absolute atomic E-state index is 0.124. The van der Waals surface area contributed by atoms with Crippen LogP contribution in [-0.2, 0) is 0 Å². The Hall–Kier alpha value is -1.16. The minimum Gasteiger partial charge on any atom is -0.399 e. The molecule has 0 saturated carbocycles. The van der Waals surface area contributed by atoms with Crippen molar-refractivity contribution in [1.82, 2.24) is 4.90 Å². The zero-order valence-corrected chi connectivity index (χ0v) is 11.8. The van der Waals surface area contributed by atoms with Gasteiger partial charge in [0.25, 0.3) is 5.91 Å². The highest BCUT2D eigenvalue weighted by molar-refractivity contribution is 8.00. The summed E-state index contributed by atoms with van der Waals surface area (Å²) in [5, 5.41) is 0.573. The number of aryl methyl sites for hydroxylation is 1. The number of carbonyl (C=O) groups excluding carboxylic acids is 1. The predicted octanol–water partition coefficient (Wildman–Crippen LogP) is 2.54. The van der Waals surface area contributed by atoms with Gasteiger partial charge in [0, 0.05) is 35.3 Å². The monoisotopic (exact) mass is 264 g/mol. The van der Waals surface area contributed by atoms with Gasteiger partial charge in [0.1, 0.15) is 0 Å². The third-order valence-electron chi connectivity index (χ3n) is 3.37. The lowest BCUT2D eigenvalue weighted by Crippen LogP contribution is -2.42. The van der Waals surface area contributed by atoms with Crippen LogP contribution < -0.4 is 5.73 Å². The second-order valence-electron chi connectivity index (χ2n) is 4.73. The molecule has 18 heavy (non-hydrogen) atoms. The summed E-state index contributed by atoms with van der Waals surface area (Å²) in [7, 11) is 0. The predicted molar refractivity (Wildman–Crippen MR) is 78.0 cm³/mol. The highest BCUT2D eigenvalue weighted by Gasteiger charge is 2.24. The van der Waals surface area contributed by atoms with Crippen molar-refractivity contribution in [2.75, 3.05) is 24.6 Å². The normalized spacial score (nSPS) is 19.9. The fraction of sp³-hybridized carbons (Fsp3) is 0.500. The van der Waals surface area contributed by atoms with E-state index in [9.17, 15) is 4.79 Å². The first-order chi connectivity index (χ1) is 8.61. The van der Waals surface area contributed by atoms with Crippen molar-refractivity contribution in [3.05, 3.63) is 29.3 Å². The zero-order chi connectivity index (χ0) is 13.1. The van der Waals surface area contributed by atoms with Crippen LogP contribution in [0.3, 0.4) is 0 Å². The van der Waals surface area contributed by atoms with Crippen molar-refractivity contribution in [1.29, 1.82) is 0 Å². The van der Waals surface area contributed by atoms with Gasteiger partial charge in [-0.25, -0.2) is 0 Å². The largest absolute Gasteiger partial charge is 0.399 e. The zero-order valence-electron chi connectivity index (χ0n) is 11.0. The summed E-state index contributed by atoms with van der Waals surface area (Å²) in [6, 6.07) is 5.55. The highest BCUT2D eigenvalue weighted by Crippen LogP contribution is 2.23. The summed E-state index contributed by atoms with van der Waals surface area (Å²) < 4.78 is 0. The number of anilines is 1. The van der Waals surface area contributed by atoms with Gasteiger partial charge in [0.05, 0.1) is 0 Å². The van der Waals surface area contributed by atoms with Crippen LogP contribution in [0.5, 0.6) is 0 Å². The van der Waals surface area contributed by atoms with Crippen molar-refractivity contribution in [2.45, 2.75) is 25.5 Å². The molecule has 1 unspecified atom stereocenters. The number of hydrogen-bond donors (Lipinski definition) is 1. The molecule has 98 valence electrons. The van der Waals surface area contributed by atoms with Gasteiger partial charge in [-0.05, 0) is 31.0 Å². The average Bonchev–Trinajstić information content (AvgIpc) is 2.41. The van der Waals surface area contributed by atoms with Crippen molar-refractivity contribution >= 4 is 23.4 Å². The Morgan fingerprint density at radius 2 is 2.33 bits per heavy atom. The lowest BCUT2D eigenvalue weighted by molar-refractivity contribution is 0.0760. The molecule has 2 N–H and O–H groups in total. The number of thioether (sulfide) groups is 1. The Morgan fingerprint density at radius 3 is 3.06 bits per heavy atom. The molecule has 0 spiro atoms. The molecule has 1 saturated heterocycles. The molecule has 0 radical (unpaired) electrons. The first kappa shape index (κ1) is 13.3. The van der Waals surface area contributed by atoms with E-state index in [0.717, 1.165) is 36.4 Å². The fourth-order valence-electron chi connectivity index (χ4n) is 2.19. The van der Waals surface area contributed by atoms with Crippen LogP contribution in [-0.4, -0.2) is 34.9 Å². The summed E-state index contributed by atoms with van der Waals surface area (Å²) in [6.07, 6.45) is 1.12. The van der Waals surface area contributed by atoms with Crippen molar-refractivity contribution in [2.24, 2.45) is 0 Å². The highest BCUT2D eigenvalue weighted by atomic mass is 32.2. The summed E-state index contributed by atoms with van der Waals surface area (Å²) in [5.74, 6) is 1.16. The van der Waals surface area contributed by atoms with E-state index in [1.165, 1.54) is 0 Å². The minimum atomic E-state index is 0.124. The molecule has 1 aliphatic heterocycles. The molecule has 1 aliphatic rings. The number of nitrogen functional groups attached to an aromatic ring is 1. The van der Waals surface area contributed by atoms with E-state index in [2.05, 4.69) is 6.92 Å². The van der Waals surface area contributed by atoms with Gasteiger partial charge in [0.15, 0.2) is 0 Å². The molecular weight excluding hydrogens is 244 g/mol. The number of hydrogen-bond acceptors (Lipinski definition) is 3. The van der Waals surface area contributed by atoms with E-state index in [1.807, 2.05) is 35.7 Å². The SMILES string of the molecule is CCC1CN(C(=O)c2cc(N)ccc2C)CCS1. The van der Waals surface area contributed by atoms with Gasteiger partial charge < -0.3 is 10.6 Å². The molecule has 1 fully saturated rings. The van der Waals surface area contributed by atoms with E-state index < -0.39 is 0 Å². The molecule has 0 aliphatic carbocycles. The van der Waals surface area contributed by atoms with Gasteiger partial charge in [-0.3, -0.25) is 4.79 Å². The molecule has 1 amide bonds. The van der Waals surface area contributed by atoms with Crippen LogP contribution in [0, 0.1) is 6.92 Å². The number of nitrogens with zero attached hydrogens (tertiary/aromatic N) is 1. The van der Waals surface area contributed by atoms with Crippen LogP contribution in [0.25, 0.3) is 0 Å². The Balaban J connectivity index is 2.17. The maximum Gasteiger partial charge on any atom is 0.254 e. The smallest absolute Gasteiger partial charge is 0.254 e. The number of nitrogens with two attached hydrogens (primary N) is 1. The van der Waals surface area contributed by atoms with Gasteiger partial charge in [-0.15, -0.1) is 0 Å². The molecule has 3 nitrogen and oxygen atoms in total. The Labute approximate surface area is 113 Å². The van der Waals surface area contributed by atoms with Gasteiger partial charge in [-0.2, -0.15) is 11.8 Å². The lowest BCUT2D eigenvalue weighted by atomic mass is 10.1. The molecule has 1 atom stereocenters. The first-order valence-electron chi connectivity index (χ1n) is 6.38. The maximum absolute atomic E-state index is 12.5. The van der Waals surface area contributed by atoms with Crippen LogP contribution in [0.1, 0.15) is 29.3 Å². The maximum atomic E-state index is 12.5. The molecule has 1 heterocycles. The third kappa shape index (κ3) is 2.80. The topological polar surface area (TPSA) is 46.3 Å². The summed E-state index contributed by atoms with van der Waals surface area (Å²) in [6.45, 7) is 5.84. The molecule has 1 aromatic carbocycles. The lowest BCUT2D eigenvalue weighted by Gasteiger charge is -2.32. The van der Waals surface area contributed by atoms with Crippen LogP contribution >= 0.6 is 11.8 Å². The van der Waals surface area contributed by atoms with Gasteiger partial charge in [-0.1, -0.05) is 13.0 Å². The molecule has 0 bridgehead atoms. The van der Waals surface area contributed by atoms with Crippen LogP contribution in [0.15, 0.2) is 18.2 Å². The number of benzene rings is 1. The average molecular weight is 264 g/mol. The summed E-state index contributed by atoms with van der Waals surface area (Å²) >= 11 is 1.97. The molecule has 2 rings (SSSR count). The van der Waals surface area contributed by atoms with Crippen molar-refractivity contribution < 1.29 is 4.79 Å². The van der Waals surface area contributed by atoms with Crippen molar-refractivity contribution in [3.63, 3.8) is 0 Å². The first-order valence-corrected chi connectivity index (χ1v) is 7.43. The van der Waals surface area contributed by atoms with E-state index in [1.54, 1.807) is 6.07 Å². The van der Waals surface area contributed by atoms with E-state index in [4.69, 9.17) is 5.73 Å². The number of carbonyl (C=O) groups is 1. The van der Waals surface area contributed by atoms with E-state index in [0.29, 0.717) is 10.9 Å². The fourth-order valence-corrected chi connectivity index (χ4v) is 3.37. The Bertz CT molecular complexity index is 447. The van der Waals surface area contributed by atoms with E-state index >= 15 is 0 Å². The number of rotatable bonds is 2. The second kappa shape index (κ2) is 5.65.